The minimum atomic E-state index is -2.53. The van der Waals surface area contributed by atoms with E-state index in [1.165, 1.54) is 0 Å². The molecule has 0 heterocycles. The van der Waals surface area contributed by atoms with E-state index in [4.69, 9.17) is 0 Å². The highest BCUT2D eigenvalue weighted by Gasteiger charge is 2.57. The minimum absolute atomic E-state index is 0.0575. The first kappa shape index (κ1) is 9.44. The maximum atomic E-state index is 12.8. The van der Waals surface area contributed by atoms with Crippen LogP contribution in [0.15, 0.2) is 12.1 Å². The van der Waals surface area contributed by atoms with Gasteiger partial charge in [0, 0.05) is 6.42 Å². The average molecular weight is 198 g/mol. The van der Waals surface area contributed by atoms with Gasteiger partial charge in [-0.15, -0.1) is 0 Å². The number of phenols is 1. The SMILES string of the molecule is Cc1cc(C2CC2(F)F)c(C)cc1O. The molecule has 1 nitrogen and oxygen atoms in total. The Morgan fingerprint density at radius 2 is 1.86 bits per heavy atom. The van der Waals surface area contributed by atoms with Gasteiger partial charge in [-0.25, -0.2) is 8.78 Å². The molecule has 14 heavy (non-hydrogen) atoms. The third-order valence-corrected chi connectivity index (χ3v) is 2.79. The lowest BCUT2D eigenvalue weighted by atomic mass is 10.0. The number of aromatic hydroxyl groups is 1. The van der Waals surface area contributed by atoms with Crippen LogP contribution >= 0.6 is 0 Å². The van der Waals surface area contributed by atoms with Crippen molar-refractivity contribution in [2.45, 2.75) is 32.1 Å². The van der Waals surface area contributed by atoms with E-state index in [2.05, 4.69) is 0 Å². The van der Waals surface area contributed by atoms with Crippen LogP contribution in [-0.2, 0) is 0 Å². The van der Waals surface area contributed by atoms with Crippen molar-refractivity contribution in [3.8, 4) is 5.75 Å². The van der Waals surface area contributed by atoms with E-state index in [-0.39, 0.29) is 12.2 Å². The molecule has 1 atom stereocenters. The summed E-state index contributed by atoms with van der Waals surface area (Å²) in [4.78, 5) is 0. The molecule has 1 unspecified atom stereocenters. The van der Waals surface area contributed by atoms with Crippen LogP contribution in [0.5, 0.6) is 5.75 Å². The summed E-state index contributed by atoms with van der Waals surface area (Å²) in [6, 6.07) is 3.22. The van der Waals surface area contributed by atoms with Crippen LogP contribution in [0.4, 0.5) is 8.78 Å². The maximum Gasteiger partial charge on any atom is 0.255 e. The maximum absolute atomic E-state index is 12.8. The molecule has 1 saturated carbocycles. The molecule has 0 aliphatic heterocycles. The topological polar surface area (TPSA) is 20.2 Å². The summed E-state index contributed by atoms with van der Waals surface area (Å²) < 4.78 is 25.7. The van der Waals surface area contributed by atoms with E-state index >= 15 is 0 Å². The predicted molar refractivity (Wildman–Crippen MR) is 49.9 cm³/mol. The van der Waals surface area contributed by atoms with Crippen molar-refractivity contribution in [3.05, 3.63) is 28.8 Å². The van der Waals surface area contributed by atoms with Crippen molar-refractivity contribution in [1.29, 1.82) is 0 Å². The number of hydrogen-bond donors (Lipinski definition) is 1. The number of phenolic OH excluding ortho intramolecular Hbond substituents is 1. The molecular formula is C11H12F2O. The summed E-state index contributed by atoms with van der Waals surface area (Å²) in [6.07, 6.45) is -0.0575. The van der Waals surface area contributed by atoms with Crippen molar-refractivity contribution in [2.24, 2.45) is 0 Å². The van der Waals surface area contributed by atoms with Crippen LogP contribution in [0.2, 0.25) is 0 Å². The van der Waals surface area contributed by atoms with Crippen LogP contribution in [0.25, 0.3) is 0 Å². The fourth-order valence-corrected chi connectivity index (χ4v) is 1.75. The summed E-state index contributed by atoms with van der Waals surface area (Å²) in [5.74, 6) is -2.99. The molecule has 0 radical (unpaired) electrons. The number of halogens is 2. The van der Waals surface area contributed by atoms with E-state index in [1.54, 1.807) is 26.0 Å². The first-order chi connectivity index (χ1) is 6.42. The molecule has 1 aromatic rings. The zero-order valence-corrected chi connectivity index (χ0v) is 8.14. The summed E-state index contributed by atoms with van der Waals surface area (Å²) >= 11 is 0. The fraction of sp³-hybridized carbons (Fsp3) is 0.455. The Labute approximate surface area is 81.4 Å². The Bertz CT molecular complexity index is 385. The van der Waals surface area contributed by atoms with Gasteiger partial charge in [-0.05, 0) is 36.6 Å². The standard InChI is InChI=1S/C11H12F2O/c1-6-4-10(14)7(2)3-8(6)9-5-11(9,12)13/h3-4,9,14H,5H2,1-2H3. The first-order valence-electron chi connectivity index (χ1n) is 4.60. The van der Waals surface area contributed by atoms with Gasteiger partial charge in [-0.1, -0.05) is 6.07 Å². The quantitative estimate of drug-likeness (QED) is 0.735. The largest absolute Gasteiger partial charge is 0.508 e. The molecule has 1 aliphatic rings. The van der Waals surface area contributed by atoms with Crippen molar-refractivity contribution >= 4 is 0 Å². The van der Waals surface area contributed by atoms with Crippen LogP contribution in [-0.4, -0.2) is 11.0 Å². The van der Waals surface area contributed by atoms with E-state index in [1.807, 2.05) is 0 Å². The molecule has 1 fully saturated rings. The molecular weight excluding hydrogens is 186 g/mol. The van der Waals surface area contributed by atoms with Crippen LogP contribution in [0, 0.1) is 13.8 Å². The average Bonchev–Trinajstić information content (AvgIpc) is 2.67. The number of hydrogen-bond acceptors (Lipinski definition) is 1. The zero-order chi connectivity index (χ0) is 10.5. The zero-order valence-electron chi connectivity index (χ0n) is 8.14. The van der Waals surface area contributed by atoms with Crippen molar-refractivity contribution in [2.75, 3.05) is 0 Å². The second-order valence-corrected chi connectivity index (χ2v) is 4.01. The molecule has 1 aliphatic carbocycles. The highest BCUT2D eigenvalue weighted by atomic mass is 19.3. The predicted octanol–water partition coefficient (Wildman–Crippen LogP) is 3.13. The molecule has 0 saturated heterocycles. The molecule has 2 rings (SSSR count). The normalized spacial score (nSPS) is 23.6. The van der Waals surface area contributed by atoms with Crippen molar-refractivity contribution in [1.82, 2.24) is 0 Å². The van der Waals surface area contributed by atoms with Gasteiger partial charge >= 0.3 is 0 Å². The van der Waals surface area contributed by atoms with E-state index < -0.39 is 11.8 Å². The van der Waals surface area contributed by atoms with Gasteiger partial charge in [0.1, 0.15) is 5.75 Å². The van der Waals surface area contributed by atoms with Gasteiger partial charge in [-0.3, -0.25) is 0 Å². The Morgan fingerprint density at radius 3 is 2.36 bits per heavy atom. The summed E-state index contributed by atoms with van der Waals surface area (Å²) in [6.45, 7) is 3.47. The van der Waals surface area contributed by atoms with Gasteiger partial charge in [0.25, 0.3) is 5.92 Å². The fourth-order valence-electron chi connectivity index (χ4n) is 1.75. The van der Waals surface area contributed by atoms with Gasteiger partial charge < -0.3 is 5.11 Å². The number of aryl methyl sites for hydroxylation is 2. The summed E-state index contributed by atoms with van der Waals surface area (Å²) in [5.41, 5.74) is 2.08. The lowest BCUT2D eigenvalue weighted by Gasteiger charge is -2.07. The second-order valence-electron chi connectivity index (χ2n) is 4.01. The molecule has 0 bridgehead atoms. The van der Waals surface area contributed by atoms with E-state index in [0.717, 1.165) is 5.56 Å². The summed E-state index contributed by atoms with van der Waals surface area (Å²) in [5, 5.41) is 9.37. The highest BCUT2D eigenvalue weighted by molar-refractivity contribution is 5.45. The third-order valence-electron chi connectivity index (χ3n) is 2.79. The Kier molecular flexibility index (Phi) is 1.81. The van der Waals surface area contributed by atoms with Crippen LogP contribution in [0.3, 0.4) is 0 Å². The van der Waals surface area contributed by atoms with Crippen molar-refractivity contribution in [3.63, 3.8) is 0 Å². The highest BCUT2D eigenvalue weighted by Crippen LogP contribution is 2.56. The third kappa shape index (κ3) is 1.37. The van der Waals surface area contributed by atoms with Crippen molar-refractivity contribution < 1.29 is 13.9 Å². The Hall–Kier alpha value is -1.12. The smallest absolute Gasteiger partial charge is 0.255 e. The van der Waals surface area contributed by atoms with Crippen LogP contribution < -0.4 is 0 Å². The van der Waals surface area contributed by atoms with Gasteiger partial charge in [0.15, 0.2) is 0 Å². The molecule has 0 aromatic heterocycles. The van der Waals surface area contributed by atoms with Gasteiger partial charge in [-0.2, -0.15) is 0 Å². The minimum Gasteiger partial charge on any atom is -0.508 e. The molecule has 1 aromatic carbocycles. The van der Waals surface area contributed by atoms with Gasteiger partial charge in [0.05, 0.1) is 5.92 Å². The molecule has 1 N–H and O–H groups in total. The number of rotatable bonds is 1. The monoisotopic (exact) mass is 198 g/mol. The molecule has 3 heteroatoms. The lowest BCUT2D eigenvalue weighted by molar-refractivity contribution is 0.112. The van der Waals surface area contributed by atoms with E-state index in [0.29, 0.717) is 11.1 Å². The number of benzene rings is 1. The lowest BCUT2D eigenvalue weighted by Crippen LogP contribution is -1.96. The Morgan fingerprint density at radius 1 is 1.29 bits per heavy atom. The first-order valence-corrected chi connectivity index (χ1v) is 4.60. The second kappa shape index (κ2) is 2.69. The number of alkyl halides is 2. The molecule has 0 amide bonds. The Balaban J connectivity index is 2.41. The molecule has 0 spiro atoms. The van der Waals surface area contributed by atoms with Crippen LogP contribution in [0.1, 0.15) is 29.0 Å². The molecule has 76 valence electrons. The van der Waals surface area contributed by atoms with E-state index in [9.17, 15) is 13.9 Å². The summed E-state index contributed by atoms with van der Waals surface area (Å²) in [7, 11) is 0. The van der Waals surface area contributed by atoms with Gasteiger partial charge in [0.2, 0.25) is 0 Å².